The molecule has 2 aromatic rings. The molecule has 5 heteroatoms. The third-order valence-corrected chi connectivity index (χ3v) is 2.17. The molecule has 0 bridgehead atoms. The average Bonchev–Trinajstić information content (AvgIpc) is 2.79. The Hall–Kier alpha value is -2.43. The molecular weight excluding hydrogens is 222 g/mol. The number of methoxy groups -OCH3 is 1. The zero-order valence-corrected chi connectivity index (χ0v) is 9.14. The van der Waals surface area contributed by atoms with Crippen molar-refractivity contribution >= 4 is 17.5 Å². The van der Waals surface area contributed by atoms with Crippen molar-refractivity contribution in [2.45, 2.75) is 0 Å². The molecule has 0 aliphatic rings. The van der Waals surface area contributed by atoms with E-state index >= 15 is 0 Å². The largest absolute Gasteiger partial charge is 0.497 e. The summed E-state index contributed by atoms with van der Waals surface area (Å²) in [6.45, 7) is 0. The van der Waals surface area contributed by atoms with Gasteiger partial charge in [-0.05, 0) is 30.3 Å². The van der Waals surface area contributed by atoms with Gasteiger partial charge in [-0.1, -0.05) is 0 Å². The Kier molecular flexibility index (Phi) is 3.00. The summed E-state index contributed by atoms with van der Waals surface area (Å²) in [7, 11) is 1.59. The van der Waals surface area contributed by atoms with Gasteiger partial charge in [0.25, 0.3) is 0 Å². The van der Waals surface area contributed by atoms with Crippen molar-refractivity contribution in [3.8, 4) is 5.75 Å². The van der Waals surface area contributed by atoms with E-state index in [2.05, 4.69) is 5.32 Å². The molecule has 1 aromatic heterocycles. The minimum Gasteiger partial charge on any atom is -0.497 e. The monoisotopic (exact) mass is 233 g/mol. The molecule has 5 nitrogen and oxygen atoms in total. The number of hydrogen-bond acceptors (Lipinski definition) is 4. The SMILES string of the molecule is COc1ccc(Nc2ccc(C(=O)O)o2)cc1. The molecule has 0 amide bonds. The summed E-state index contributed by atoms with van der Waals surface area (Å²) in [5.41, 5.74) is 0.789. The highest BCUT2D eigenvalue weighted by molar-refractivity contribution is 5.85. The summed E-state index contributed by atoms with van der Waals surface area (Å²) in [5, 5.41) is 11.6. The van der Waals surface area contributed by atoms with Gasteiger partial charge in [-0.3, -0.25) is 0 Å². The zero-order valence-electron chi connectivity index (χ0n) is 9.14. The molecule has 1 aromatic carbocycles. The topological polar surface area (TPSA) is 71.7 Å². The molecule has 88 valence electrons. The minimum atomic E-state index is -1.09. The Morgan fingerprint density at radius 3 is 2.47 bits per heavy atom. The van der Waals surface area contributed by atoms with E-state index in [-0.39, 0.29) is 5.76 Å². The van der Waals surface area contributed by atoms with Crippen LogP contribution in [0.2, 0.25) is 0 Å². The first-order chi connectivity index (χ1) is 8.19. The maximum atomic E-state index is 10.6. The second-order valence-corrected chi connectivity index (χ2v) is 3.32. The number of nitrogens with one attached hydrogen (secondary N) is 1. The van der Waals surface area contributed by atoms with E-state index in [1.807, 2.05) is 12.1 Å². The lowest BCUT2D eigenvalue weighted by Gasteiger charge is -2.04. The second-order valence-electron chi connectivity index (χ2n) is 3.32. The molecule has 0 aliphatic heterocycles. The molecule has 0 saturated carbocycles. The summed E-state index contributed by atoms with van der Waals surface area (Å²) in [5.74, 6) is -0.0532. The lowest BCUT2D eigenvalue weighted by atomic mass is 10.3. The Bertz CT molecular complexity index is 516. The third kappa shape index (κ3) is 2.57. The number of anilines is 2. The lowest BCUT2D eigenvalue weighted by molar-refractivity contribution is 0.0663. The van der Waals surface area contributed by atoms with E-state index in [4.69, 9.17) is 14.3 Å². The van der Waals surface area contributed by atoms with E-state index in [9.17, 15) is 4.79 Å². The molecule has 0 spiro atoms. The highest BCUT2D eigenvalue weighted by Gasteiger charge is 2.08. The summed E-state index contributed by atoms with van der Waals surface area (Å²) >= 11 is 0. The highest BCUT2D eigenvalue weighted by atomic mass is 16.5. The first-order valence-electron chi connectivity index (χ1n) is 4.93. The van der Waals surface area contributed by atoms with Crippen molar-refractivity contribution in [1.82, 2.24) is 0 Å². The van der Waals surface area contributed by atoms with Gasteiger partial charge in [0.1, 0.15) is 5.75 Å². The van der Waals surface area contributed by atoms with Crippen LogP contribution in [0.4, 0.5) is 11.6 Å². The van der Waals surface area contributed by atoms with E-state index in [0.29, 0.717) is 5.88 Å². The van der Waals surface area contributed by atoms with E-state index in [1.54, 1.807) is 25.3 Å². The number of benzene rings is 1. The number of rotatable bonds is 4. The van der Waals surface area contributed by atoms with Crippen molar-refractivity contribution < 1.29 is 19.1 Å². The molecule has 2 rings (SSSR count). The van der Waals surface area contributed by atoms with Gasteiger partial charge in [0.15, 0.2) is 5.88 Å². The van der Waals surface area contributed by atoms with Gasteiger partial charge < -0.3 is 19.6 Å². The van der Waals surface area contributed by atoms with Gasteiger partial charge in [-0.2, -0.15) is 0 Å². The van der Waals surface area contributed by atoms with Crippen LogP contribution in [-0.4, -0.2) is 18.2 Å². The number of carboxylic acids is 1. The smallest absolute Gasteiger partial charge is 0.371 e. The van der Waals surface area contributed by atoms with Crippen molar-refractivity contribution in [3.63, 3.8) is 0 Å². The maximum Gasteiger partial charge on any atom is 0.371 e. The third-order valence-electron chi connectivity index (χ3n) is 2.17. The molecule has 0 radical (unpaired) electrons. The Morgan fingerprint density at radius 1 is 1.24 bits per heavy atom. The van der Waals surface area contributed by atoms with Crippen LogP contribution in [0.1, 0.15) is 10.6 Å². The van der Waals surface area contributed by atoms with Crippen LogP contribution in [0, 0.1) is 0 Å². The molecule has 17 heavy (non-hydrogen) atoms. The van der Waals surface area contributed by atoms with Gasteiger partial charge in [0.05, 0.1) is 7.11 Å². The van der Waals surface area contributed by atoms with Crippen LogP contribution in [0.25, 0.3) is 0 Å². The Morgan fingerprint density at radius 2 is 1.94 bits per heavy atom. The molecule has 0 atom stereocenters. The van der Waals surface area contributed by atoms with Crippen molar-refractivity contribution in [1.29, 1.82) is 0 Å². The number of hydrogen-bond donors (Lipinski definition) is 2. The van der Waals surface area contributed by atoms with Crippen molar-refractivity contribution in [2.24, 2.45) is 0 Å². The van der Waals surface area contributed by atoms with Gasteiger partial charge in [0, 0.05) is 11.8 Å². The highest BCUT2D eigenvalue weighted by Crippen LogP contribution is 2.21. The number of aromatic carboxylic acids is 1. The summed E-state index contributed by atoms with van der Waals surface area (Å²) < 4.78 is 10.1. The normalized spacial score (nSPS) is 9.94. The number of ether oxygens (including phenoxy) is 1. The zero-order chi connectivity index (χ0) is 12.3. The Balaban J connectivity index is 2.11. The van der Waals surface area contributed by atoms with E-state index in [1.165, 1.54) is 6.07 Å². The van der Waals surface area contributed by atoms with Crippen LogP contribution in [0.15, 0.2) is 40.8 Å². The average molecular weight is 233 g/mol. The molecule has 1 heterocycles. The molecule has 0 aliphatic carbocycles. The molecule has 2 N–H and O–H groups in total. The summed E-state index contributed by atoms with van der Waals surface area (Å²) in [6.07, 6.45) is 0. The van der Waals surface area contributed by atoms with E-state index < -0.39 is 5.97 Å². The fourth-order valence-corrected chi connectivity index (χ4v) is 1.34. The standard InChI is InChI=1S/C12H11NO4/c1-16-9-4-2-8(3-5-9)13-11-7-6-10(17-11)12(14)15/h2-7,13H,1H3,(H,14,15). The lowest BCUT2D eigenvalue weighted by Crippen LogP contribution is -1.92. The van der Waals surface area contributed by atoms with Crippen molar-refractivity contribution in [3.05, 3.63) is 42.2 Å². The number of furan rings is 1. The van der Waals surface area contributed by atoms with Gasteiger partial charge in [-0.25, -0.2) is 4.79 Å². The second kappa shape index (κ2) is 4.61. The molecule has 0 fully saturated rings. The fourth-order valence-electron chi connectivity index (χ4n) is 1.34. The van der Waals surface area contributed by atoms with E-state index in [0.717, 1.165) is 11.4 Å². The van der Waals surface area contributed by atoms with Crippen LogP contribution in [-0.2, 0) is 0 Å². The first kappa shape index (κ1) is 11.1. The summed E-state index contributed by atoms with van der Waals surface area (Å²) in [4.78, 5) is 10.6. The number of carbonyl (C=O) groups is 1. The van der Waals surface area contributed by atoms with Crippen LogP contribution in [0.3, 0.4) is 0 Å². The fraction of sp³-hybridized carbons (Fsp3) is 0.0833. The van der Waals surface area contributed by atoms with Gasteiger partial charge in [-0.15, -0.1) is 0 Å². The molecule has 0 saturated heterocycles. The van der Waals surface area contributed by atoms with Gasteiger partial charge >= 0.3 is 5.97 Å². The van der Waals surface area contributed by atoms with Crippen LogP contribution >= 0.6 is 0 Å². The maximum absolute atomic E-state index is 10.6. The molecular formula is C12H11NO4. The first-order valence-corrected chi connectivity index (χ1v) is 4.93. The van der Waals surface area contributed by atoms with Crippen LogP contribution < -0.4 is 10.1 Å². The number of carboxylic acid groups (broad SMARTS) is 1. The van der Waals surface area contributed by atoms with Crippen LogP contribution in [0.5, 0.6) is 5.75 Å². The van der Waals surface area contributed by atoms with Gasteiger partial charge in [0.2, 0.25) is 5.76 Å². The minimum absolute atomic E-state index is 0.0963. The Labute approximate surface area is 97.6 Å². The summed E-state index contributed by atoms with van der Waals surface area (Å²) in [6, 6.07) is 10.2. The molecule has 0 unspecified atom stereocenters. The predicted molar refractivity (Wildman–Crippen MR) is 61.9 cm³/mol. The van der Waals surface area contributed by atoms with Crippen molar-refractivity contribution in [2.75, 3.05) is 12.4 Å². The predicted octanol–water partition coefficient (Wildman–Crippen LogP) is 2.73. The quantitative estimate of drug-likeness (QED) is 0.849.